The molecule has 4 aromatic rings. The van der Waals surface area contributed by atoms with E-state index in [1.807, 2.05) is 19.1 Å². The summed E-state index contributed by atoms with van der Waals surface area (Å²) in [6.45, 7) is 3.90. The molecule has 1 aromatic heterocycles. The second-order valence-corrected chi connectivity index (χ2v) is 9.03. The SMILES string of the molecule is CCc1ccc(Nc2c(C(=O)NCc3ccc(OC)cc3)c(Oc3cccc(N)c3C)cc(=O)n2C)c(F)c1. The Morgan fingerprint density at radius 2 is 1.74 bits per heavy atom. The summed E-state index contributed by atoms with van der Waals surface area (Å²) in [6, 6.07) is 18.4. The molecule has 8 nitrogen and oxygen atoms in total. The average Bonchev–Trinajstić information content (AvgIpc) is 2.93. The number of anilines is 3. The van der Waals surface area contributed by atoms with Gasteiger partial charge in [-0.3, -0.25) is 14.2 Å². The van der Waals surface area contributed by atoms with Crippen LogP contribution >= 0.6 is 0 Å². The highest BCUT2D eigenvalue weighted by Gasteiger charge is 2.24. The fraction of sp³-hybridized carbons (Fsp3) is 0.200. The fourth-order valence-electron chi connectivity index (χ4n) is 4.00. The van der Waals surface area contributed by atoms with Gasteiger partial charge in [0.25, 0.3) is 11.5 Å². The molecule has 0 bridgehead atoms. The highest BCUT2D eigenvalue weighted by Crippen LogP contribution is 2.34. The van der Waals surface area contributed by atoms with Gasteiger partial charge in [-0.1, -0.05) is 31.2 Å². The number of methoxy groups -OCH3 is 1. The molecule has 3 aromatic carbocycles. The molecule has 0 saturated heterocycles. The van der Waals surface area contributed by atoms with Gasteiger partial charge in [0.15, 0.2) is 0 Å². The lowest BCUT2D eigenvalue weighted by Gasteiger charge is -2.20. The molecule has 0 aliphatic heterocycles. The Hall–Kier alpha value is -4.79. The number of nitrogen functional groups attached to an aromatic ring is 1. The lowest BCUT2D eigenvalue weighted by molar-refractivity contribution is 0.0948. The van der Waals surface area contributed by atoms with Crippen LogP contribution in [0.4, 0.5) is 21.6 Å². The van der Waals surface area contributed by atoms with Crippen LogP contribution in [0.5, 0.6) is 17.2 Å². The molecule has 1 heterocycles. The monoisotopic (exact) mass is 530 g/mol. The number of amides is 1. The molecule has 0 saturated carbocycles. The summed E-state index contributed by atoms with van der Waals surface area (Å²) in [5, 5.41) is 5.83. The van der Waals surface area contributed by atoms with Gasteiger partial charge in [0.2, 0.25) is 0 Å². The predicted octanol–water partition coefficient (Wildman–Crippen LogP) is 5.45. The number of nitrogens with zero attached hydrogens (tertiary/aromatic N) is 1. The van der Waals surface area contributed by atoms with Crippen molar-refractivity contribution in [2.45, 2.75) is 26.8 Å². The van der Waals surface area contributed by atoms with Crippen molar-refractivity contribution in [3.8, 4) is 17.2 Å². The maximum absolute atomic E-state index is 15.0. The predicted molar refractivity (Wildman–Crippen MR) is 151 cm³/mol. The number of pyridine rings is 1. The Bertz CT molecular complexity index is 1560. The number of aryl methyl sites for hydroxylation is 1. The molecular formula is C30H31FN4O4. The first-order valence-electron chi connectivity index (χ1n) is 12.4. The van der Waals surface area contributed by atoms with E-state index in [0.29, 0.717) is 29.2 Å². The number of aromatic nitrogens is 1. The summed E-state index contributed by atoms with van der Waals surface area (Å²) in [5.41, 5.74) is 8.54. The lowest BCUT2D eigenvalue weighted by Crippen LogP contribution is -2.29. The topological polar surface area (TPSA) is 108 Å². The quantitative estimate of drug-likeness (QED) is 0.248. The summed E-state index contributed by atoms with van der Waals surface area (Å²) < 4.78 is 27.5. The first-order valence-corrected chi connectivity index (χ1v) is 12.4. The summed E-state index contributed by atoms with van der Waals surface area (Å²) in [7, 11) is 3.08. The molecule has 0 spiro atoms. The van der Waals surface area contributed by atoms with E-state index in [4.69, 9.17) is 15.2 Å². The van der Waals surface area contributed by atoms with E-state index in [9.17, 15) is 14.0 Å². The molecule has 4 N–H and O–H groups in total. The number of nitrogens with one attached hydrogen (secondary N) is 2. The van der Waals surface area contributed by atoms with E-state index in [2.05, 4.69) is 10.6 Å². The van der Waals surface area contributed by atoms with Crippen molar-refractivity contribution in [2.75, 3.05) is 18.2 Å². The van der Waals surface area contributed by atoms with E-state index >= 15 is 0 Å². The first-order chi connectivity index (χ1) is 18.7. The van der Waals surface area contributed by atoms with Crippen LogP contribution in [0.15, 0.2) is 71.5 Å². The molecule has 0 radical (unpaired) electrons. The van der Waals surface area contributed by atoms with Crippen LogP contribution in [0.3, 0.4) is 0 Å². The average molecular weight is 531 g/mol. The van der Waals surface area contributed by atoms with Crippen LogP contribution in [-0.2, 0) is 20.0 Å². The Morgan fingerprint density at radius 1 is 1.03 bits per heavy atom. The highest BCUT2D eigenvalue weighted by molar-refractivity contribution is 6.02. The van der Waals surface area contributed by atoms with Crippen molar-refractivity contribution in [3.63, 3.8) is 0 Å². The van der Waals surface area contributed by atoms with Crippen molar-refractivity contribution in [2.24, 2.45) is 7.05 Å². The van der Waals surface area contributed by atoms with Crippen LogP contribution in [0.2, 0.25) is 0 Å². The minimum absolute atomic E-state index is 0.00659. The van der Waals surface area contributed by atoms with Crippen molar-refractivity contribution < 1.29 is 18.7 Å². The van der Waals surface area contributed by atoms with Gasteiger partial charge in [-0.2, -0.15) is 0 Å². The molecule has 0 aliphatic carbocycles. The van der Waals surface area contributed by atoms with Crippen LogP contribution < -0.4 is 31.4 Å². The van der Waals surface area contributed by atoms with Crippen LogP contribution in [-0.4, -0.2) is 17.6 Å². The highest BCUT2D eigenvalue weighted by atomic mass is 19.1. The normalized spacial score (nSPS) is 10.7. The van der Waals surface area contributed by atoms with E-state index in [1.54, 1.807) is 56.5 Å². The molecule has 0 unspecified atom stereocenters. The third-order valence-corrected chi connectivity index (χ3v) is 6.48. The van der Waals surface area contributed by atoms with Crippen molar-refractivity contribution >= 4 is 23.1 Å². The molecule has 4 rings (SSSR count). The summed E-state index contributed by atoms with van der Waals surface area (Å²) in [4.78, 5) is 26.6. The zero-order chi connectivity index (χ0) is 28.1. The lowest BCUT2D eigenvalue weighted by atomic mass is 10.1. The van der Waals surface area contributed by atoms with Gasteiger partial charge in [0, 0.05) is 30.9 Å². The van der Waals surface area contributed by atoms with E-state index in [-0.39, 0.29) is 29.4 Å². The van der Waals surface area contributed by atoms with Crippen molar-refractivity contribution in [3.05, 3.63) is 105 Å². The van der Waals surface area contributed by atoms with Gasteiger partial charge in [-0.15, -0.1) is 0 Å². The van der Waals surface area contributed by atoms with E-state index < -0.39 is 17.3 Å². The molecule has 39 heavy (non-hydrogen) atoms. The number of ether oxygens (including phenoxy) is 2. The van der Waals surface area contributed by atoms with Gasteiger partial charge >= 0.3 is 0 Å². The Balaban J connectivity index is 1.78. The molecule has 202 valence electrons. The third-order valence-electron chi connectivity index (χ3n) is 6.48. The second kappa shape index (κ2) is 11.7. The number of hydrogen-bond donors (Lipinski definition) is 3. The number of benzene rings is 3. The van der Waals surface area contributed by atoms with Crippen LogP contribution in [0.25, 0.3) is 0 Å². The van der Waals surface area contributed by atoms with Gasteiger partial charge in [0.05, 0.1) is 12.8 Å². The summed E-state index contributed by atoms with van der Waals surface area (Å²) >= 11 is 0. The van der Waals surface area contributed by atoms with E-state index in [0.717, 1.165) is 11.1 Å². The van der Waals surface area contributed by atoms with Crippen LogP contribution in [0, 0.1) is 12.7 Å². The zero-order valence-electron chi connectivity index (χ0n) is 22.3. The van der Waals surface area contributed by atoms with Gasteiger partial charge < -0.3 is 25.8 Å². The number of carbonyl (C=O) groups is 1. The van der Waals surface area contributed by atoms with E-state index in [1.165, 1.54) is 23.7 Å². The molecule has 0 aliphatic rings. The van der Waals surface area contributed by atoms with Crippen LogP contribution in [0.1, 0.15) is 34.0 Å². The minimum atomic E-state index is -0.522. The molecule has 1 amide bonds. The maximum atomic E-state index is 15.0. The summed E-state index contributed by atoms with van der Waals surface area (Å²) in [6.07, 6.45) is 0.664. The standard InChI is InChI=1S/C30H31FN4O4/c1-5-19-11-14-24(22(31)15-19)34-29-28(30(37)33-17-20-9-12-21(38-4)13-10-20)26(16-27(36)35(29)3)39-25-8-6-7-23(32)18(25)2/h6-16,34H,5,17,32H2,1-4H3,(H,33,37). The number of hydrogen-bond acceptors (Lipinski definition) is 6. The zero-order valence-corrected chi connectivity index (χ0v) is 22.3. The Morgan fingerprint density at radius 3 is 2.41 bits per heavy atom. The number of rotatable bonds is 9. The van der Waals surface area contributed by atoms with Gasteiger partial charge in [-0.25, -0.2) is 4.39 Å². The maximum Gasteiger partial charge on any atom is 0.259 e. The molecule has 9 heteroatoms. The largest absolute Gasteiger partial charge is 0.497 e. The fourth-order valence-corrected chi connectivity index (χ4v) is 4.00. The second-order valence-electron chi connectivity index (χ2n) is 9.03. The number of carbonyl (C=O) groups excluding carboxylic acids is 1. The first kappa shape index (κ1) is 27.3. The number of halogens is 1. The third kappa shape index (κ3) is 6.04. The number of nitrogens with two attached hydrogens (primary N) is 1. The Kier molecular flexibility index (Phi) is 8.19. The molecule has 0 fully saturated rings. The van der Waals surface area contributed by atoms with Gasteiger partial charge in [-0.05, 0) is 60.9 Å². The van der Waals surface area contributed by atoms with Crippen molar-refractivity contribution in [1.82, 2.24) is 9.88 Å². The summed E-state index contributed by atoms with van der Waals surface area (Å²) in [5.74, 6) is 0.132. The molecular weight excluding hydrogens is 499 g/mol. The minimum Gasteiger partial charge on any atom is -0.497 e. The van der Waals surface area contributed by atoms with Crippen molar-refractivity contribution in [1.29, 1.82) is 0 Å². The van der Waals surface area contributed by atoms with Gasteiger partial charge in [0.1, 0.15) is 34.4 Å². The smallest absolute Gasteiger partial charge is 0.259 e. The molecule has 0 atom stereocenters. The Labute approximate surface area is 226 Å².